The lowest BCUT2D eigenvalue weighted by Crippen LogP contribution is -2.36. The molecule has 0 radical (unpaired) electrons. The molecule has 1 N–H and O–H groups in total. The summed E-state index contributed by atoms with van der Waals surface area (Å²) < 4.78 is 11.0. The number of hydrogen-bond acceptors (Lipinski definition) is 4. The molecule has 4 nitrogen and oxygen atoms in total. The van der Waals surface area contributed by atoms with E-state index in [4.69, 9.17) is 9.47 Å². The SMILES string of the molecule is COCC(CNCC(C)C)Oc1ccc(C)nc1. The first-order valence-electron chi connectivity index (χ1n) is 6.40. The van der Waals surface area contributed by atoms with Gasteiger partial charge in [0.2, 0.25) is 0 Å². The maximum atomic E-state index is 5.84. The summed E-state index contributed by atoms with van der Waals surface area (Å²) in [6.45, 7) is 8.65. The van der Waals surface area contributed by atoms with Crippen LogP contribution in [0.4, 0.5) is 0 Å². The summed E-state index contributed by atoms with van der Waals surface area (Å²) in [5.41, 5.74) is 0.989. The molecule has 1 heterocycles. The second kappa shape index (κ2) is 8.06. The second-order valence-electron chi connectivity index (χ2n) is 4.88. The molecule has 0 bridgehead atoms. The highest BCUT2D eigenvalue weighted by molar-refractivity contribution is 5.19. The lowest BCUT2D eigenvalue weighted by molar-refractivity contribution is 0.0800. The van der Waals surface area contributed by atoms with Crippen molar-refractivity contribution in [2.75, 3.05) is 26.8 Å². The molecular formula is C14H24N2O2. The van der Waals surface area contributed by atoms with E-state index in [-0.39, 0.29) is 6.10 Å². The molecule has 1 aromatic rings. The Morgan fingerprint density at radius 1 is 1.28 bits per heavy atom. The van der Waals surface area contributed by atoms with Gasteiger partial charge in [-0.25, -0.2) is 0 Å². The minimum Gasteiger partial charge on any atom is -0.485 e. The van der Waals surface area contributed by atoms with Crippen LogP contribution < -0.4 is 10.1 Å². The van der Waals surface area contributed by atoms with Gasteiger partial charge in [0.05, 0.1) is 12.8 Å². The van der Waals surface area contributed by atoms with Crippen molar-refractivity contribution in [2.45, 2.75) is 26.9 Å². The fourth-order valence-electron chi connectivity index (χ4n) is 1.57. The van der Waals surface area contributed by atoms with Gasteiger partial charge in [-0.15, -0.1) is 0 Å². The molecule has 0 aromatic carbocycles. The van der Waals surface area contributed by atoms with Gasteiger partial charge in [0.1, 0.15) is 11.9 Å². The highest BCUT2D eigenvalue weighted by Gasteiger charge is 2.10. The highest BCUT2D eigenvalue weighted by Crippen LogP contribution is 2.11. The van der Waals surface area contributed by atoms with Crippen molar-refractivity contribution in [3.05, 3.63) is 24.0 Å². The number of pyridine rings is 1. The van der Waals surface area contributed by atoms with E-state index in [9.17, 15) is 0 Å². The maximum Gasteiger partial charge on any atom is 0.138 e. The third-order valence-electron chi connectivity index (χ3n) is 2.46. The number of hydrogen-bond donors (Lipinski definition) is 1. The molecule has 18 heavy (non-hydrogen) atoms. The number of ether oxygens (including phenoxy) is 2. The molecule has 0 aliphatic carbocycles. The minimum atomic E-state index is 0.0123. The molecule has 102 valence electrons. The van der Waals surface area contributed by atoms with Gasteiger partial charge in [-0.1, -0.05) is 13.8 Å². The van der Waals surface area contributed by atoms with Gasteiger partial charge < -0.3 is 14.8 Å². The zero-order valence-electron chi connectivity index (χ0n) is 11.8. The normalized spacial score (nSPS) is 12.7. The molecule has 1 unspecified atom stereocenters. The van der Waals surface area contributed by atoms with E-state index in [1.165, 1.54) is 0 Å². The Morgan fingerprint density at radius 3 is 2.61 bits per heavy atom. The van der Waals surface area contributed by atoms with Crippen molar-refractivity contribution < 1.29 is 9.47 Å². The van der Waals surface area contributed by atoms with Crippen LogP contribution in [0.25, 0.3) is 0 Å². The van der Waals surface area contributed by atoms with Crippen LogP contribution in [-0.2, 0) is 4.74 Å². The second-order valence-corrected chi connectivity index (χ2v) is 4.88. The Kier molecular flexibility index (Phi) is 6.68. The Hall–Kier alpha value is -1.13. The predicted octanol–water partition coefficient (Wildman–Crippen LogP) is 2.03. The molecule has 0 amide bonds. The van der Waals surface area contributed by atoms with Crippen molar-refractivity contribution in [3.8, 4) is 5.75 Å². The molecule has 0 saturated carbocycles. The van der Waals surface area contributed by atoms with Crippen molar-refractivity contribution in [1.29, 1.82) is 0 Å². The number of rotatable bonds is 8. The Labute approximate surface area is 110 Å². The van der Waals surface area contributed by atoms with Gasteiger partial charge in [-0.05, 0) is 31.5 Å². The zero-order valence-corrected chi connectivity index (χ0v) is 11.8. The summed E-state index contributed by atoms with van der Waals surface area (Å²) in [4.78, 5) is 4.21. The number of methoxy groups -OCH3 is 1. The van der Waals surface area contributed by atoms with Gasteiger partial charge in [-0.3, -0.25) is 4.98 Å². The molecular weight excluding hydrogens is 228 g/mol. The van der Waals surface area contributed by atoms with Crippen LogP contribution in [0.15, 0.2) is 18.3 Å². The minimum absolute atomic E-state index is 0.0123. The first-order chi connectivity index (χ1) is 8.61. The van der Waals surface area contributed by atoms with Gasteiger partial charge in [0, 0.05) is 19.3 Å². The van der Waals surface area contributed by atoms with Gasteiger partial charge in [-0.2, -0.15) is 0 Å². The van der Waals surface area contributed by atoms with Crippen LogP contribution in [0, 0.1) is 12.8 Å². The van der Waals surface area contributed by atoms with Crippen LogP contribution in [-0.4, -0.2) is 37.9 Å². The van der Waals surface area contributed by atoms with E-state index in [1.54, 1.807) is 13.3 Å². The number of aryl methyl sites for hydroxylation is 1. The monoisotopic (exact) mass is 252 g/mol. The summed E-state index contributed by atoms with van der Waals surface area (Å²) in [5, 5.41) is 3.38. The van der Waals surface area contributed by atoms with E-state index in [2.05, 4.69) is 24.1 Å². The third-order valence-corrected chi connectivity index (χ3v) is 2.46. The summed E-state index contributed by atoms with van der Waals surface area (Å²) in [6, 6.07) is 3.88. The zero-order chi connectivity index (χ0) is 13.4. The summed E-state index contributed by atoms with van der Waals surface area (Å²) in [7, 11) is 1.69. The first kappa shape index (κ1) is 14.9. The van der Waals surface area contributed by atoms with Crippen LogP contribution in [0.5, 0.6) is 5.75 Å². The quantitative estimate of drug-likeness (QED) is 0.769. The molecule has 1 rings (SSSR count). The highest BCUT2D eigenvalue weighted by atomic mass is 16.5. The fourth-order valence-corrected chi connectivity index (χ4v) is 1.57. The molecule has 0 aliphatic rings. The standard InChI is InChI=1S/C14H24N2O2/c1-11(2)7-15-8-14(10-17-4)18-13-6-5-12(3)16-9-13/h5-6,9,11,14-15H,7-8,10H2,1-4H3. The Morgan fingerprint density at radius 2 is 2.06 bits per heavy atom. The first-order valence-corrected chi connectivity index (χ1v) is 6.40. The largest absolute Gasteiger partial charge is 0.485 e. The summed E-state index contributed by atoms with van der Waals surface area (Å²) in [5.74, 6) is 1.42. The molecule has 4 heteroatoms. The maximum absolute atomic E-state index is 5.84. The van der Waals surface area contributed by atoms with Crippen LogP contribution in [0.2, 0.25) is 0 Å². The average molecular weight is 252 g/mol. The average Bonchev–Trinajstić information content (AvgIpc) is 2.32. The van der Waals surface area contributed by atoms with Crippen LogP contribution in [0.3, 0.4) is 0 Å². The molecule has 0 saturated heterocycles. The van der Waals surface area contributed by atoms with E-state index >= 15 is 0 Å². The van der Waals surface area contributed by atoms with Crippen molar-refractivity contribution in [2.24, 2.45) is 5.92 Å². The van der Waals surface area contributed by atoms with Gasteiger partial charge in [0.25, 0.3) is 0 Å². The smallest absolute Gasteiger partial charge is 0.138 e. The van der Waals surface area contributed by atoms with Gasteiger partial charge in [0.15, 0.2) is 0 Å². The number of nitrogens with zero attached hydrogens (tertiary/aromatic N) is 1. The van der Waals surface area contributed by atoms with Crippen LogP contribution in [0.1, 0.15) is 19.5 Å². The topological polar surface area (TPSA) is 43.4 Å². The Bertz CT molecular complexity index is 325. The molecule has 1 aromatic heterocycles. The summed E-state index contributed by atoms with van der Waals surface area (Å²) in [6.07, 6.45) is 1.76. The molecule has 0 aliphatic heterocycles. The van der Waals surface area contributed by atoms with E-state index in [0.29, 0.717) is 12.5 Å². The third kappa shape index (κ3) is 5.98. The molecule has 0 spiro atoms. The number of nitrogens with one attached hydrogen (secondary N) is 1. The number of aromatic nitrogens is 1. The fraction of sp³-hybridized carbons (Fsp3) is 0.643. The molecule has 0 fully saturated rings. The van der Waals surface area contributed by atoms with Gasteiger partial charge >= 0.3 is 0 Å². The van der Waals surface area contributed by atoms with E-state index in [1.807, 2.05) is 19.1 Å². The van der Waals surface area contributed by atoms with Crippen LogP contribution >= 0.6 is 0 Å². The Balaban J connectivity index is 2.43. The van der Waals surface area contributed by atoms with Crippen molar-refractivity contribution in [3.63, 3.8) is 0 Å². The van der Waals surface area contributed by atoms with E-state index < -0.39 is 0 Å². The van der Waals surface area contributed by atoms with Crippen molar-refractivity contribution >= 4 is 0 Å². The molecule has 1 atom stereocenters. The lowest BCUT2D eigenvalue weighted by atomic mass is 10.2. The van der Waals surface area contributed by atoms with E-state index in [0.717, 1.165) is 24.5 Å². The lowest BCUT2D eigenvalue weighted by Gasteiger charge is -2.19. The summed E-state index contributed by atoms with van der Waals surface area (Å²) >= 11 is 0. The predicted molar refractivity (Wildman–Crippen MR) is 73.0 cm³/mol. The van der Waals surface area contributed by atoms with Crippen molar-refractivity contribution in [1.82, 2.24) is 10.3 Å².